The standard InChI is InChI=1S/C28H39Cl2N3O5S/c1-6-20(4)31-28(35)24(7-2)32(19-21-15-16-22(29)18-23(21)30)27(34)14-11-17-33(39(5,36)37)25-12-9-10-13-26(25)38-8-3/h9-10,12-13,15-16,18,20,24H,6-8,11,14,17,19H2,1-5H3,(H,31,35)/t20-,24+/m1/s1. The van der Waals surface area contributed by atoms with Crippen molar-refractivity contribution in [2.45, 2.75) is 72.0 Å². The molecule has 0 spiro atoms. The van der Waals surface area contributed by atoms with Crippen LogP contribution in [0.1, 0.15) is 58.9 Å². The Kier molecular flexibility index (Phi) is 12.9. The monoisotopic (exact) mass is 599 g/mol. The number of rotatable bonds is 15. The summed E-state index contributed by atoms with van der Waals surface area (Å²) in [5.41, 5.74) is 1.08. The zero-order valence-electron chi connectivity index (χ0n) is 23.2. The van der Waals surface area contributed by atoms with E-state index in [4.69, 9.17) is 27.9 Å². The van der Waals surface area contributed by atoms with Crippen LogP contribution < -0.4 is 14.4 Å². The molecule has 0 aliphatic carbocycles. The normalized spacial score (nSPS) is 12.9. The molecule has 39 heavy (non-hydrogen) atoms. The fourth-order valence-corrected chi connectivity index (χ4v) is 5.55. The highest BCUT2D eigenvalue weighted by Crippen LogP contribution is 2.30. The van der Waals surface area contributed by atoms with Gasteiger partial charge in [-0.3, -0.25) is 13.9 Å². The van der Waals surface area contributed by atoms with Crippen LogP contribution in [0.15, 0.2) is 42.5 Å². The fourth-order valence-electron chi connectivity index (χ4n) is 4.12. The van der Waals surface area contributed by atoms with Crippen molar-refractivity contribution in [3.63, 3.8) is 0 Å². The van der Waals surface area contributed by atoms with Crippen molar-refractivity contribution in [3.05, 3.63) is 58.1 Å². The summed E-state index contributed by atoms with van der Waals surface area (Å²) in [6, 6.07) is 11.1. The lowest BCUT2D eigenvalue weighted by Crippen LogP contribution is -2.50. The molecule has 0 radical (unpaired) electrons. The number of ether oxygens (including phenoxy) is 1. The summed E-state index contributed by atoms with van der Waals surface area (Å²) < 4.78 is 32.2. The molecule has 0 aliphatic rings. The molecule has 2 aromatic carbocycles. The van der Waals surface area contributed by atoms with Gasteiger partial charge in [-0.1, -0.05) is 55.2 Å². The molecule has 0 saturated carbocycles. The average Bonchev–Trinajstić information content (AvgIpc) is 2.87. The number of anilines is 1. The molecule has 216 valence electrons. The molecule has 0 saturated heterocycles. The van der Waals surface area contributed by atoms with Crippen molar-refractivity contribution in [3.8, 4) is 5.75 Å². The third-order valence-corrected chi connectivity index (χ3v) is 8.10. The number of hydrogen-bond acceptors (Lipinski definition) is 5. The van der Waals surface area contributed by atoms with E-state index in [0.717, 1.165) is 12.7 Å². The van der Waals surface area contributed by atoms with E-state index >= 15 is 0 Å². The molecule has 2 amide bonds. The topological polar surface area (TPSA) is 96.0 Å². The molecular formula is C28H39Cl2N3O5S. The number of carbonyl (C=O) groups excluding carboxylic acids is 2. The maximum absolute atomic E-state index is 13.6. The number of para-hydroxylation sites is 2. The summed E-state index contributed by atoms with van der Waals surface area (Å²) >= 11 is 12.5. The Morgan fingerprint density at radius 3 is 2.33 bits per heavy atom. The maximum atomic E-state index is 13.6. The second-order valence-corrected chi connectivity index (χ2v) is 12.1. The van der Waals surface area contributed by atoms with Gasteiger partial charge in [0.25, 0.3) is 0 Å². The van der Waals surface area contributed by atoms with E-state index in [1.165, 1.54) is 9.21 Å². The minimum atomic E-state index is -3.65. The third kappa shape index (κ3) is 9.58. The van der Waals surface area contributed by atoms with Crippen molar-refractivity contribution in [2.75, 3.05) is 23.7 Å². The number of nitrogens with zero attached hydrogens (tertiary/aromatic N) is 2. The Morgan fingerprint density at radius 2 is 1.74 bits per heavy atom. The molecule has 0 bridgehead atoms. The molecule has 0 unspecified atom stereocenters. The molecule has 2 atom stereocenters. The first kappa shape index (κ1) is 32.7. The number of hydrogen-bond donors (Lipinski definition) is 1. The van der Waals surface area contributed by atoms with E-state index in [1.54, 1.807) is 42.5 Å². The average molecular weight is 601 g/mol. The second-order valence-electron chi connectivity index (χ2n) is 9.34. The van der Waals surface area contributed by atoms with Crippen molar-refractivity contribution >= 4 is 50.7 Å². The molecular weight excluding hydrogens is 561 g/mol. The van der Waals surface area contributed by atoms with E-state index in [-0.39, 0.29) is 43.8 Å². The first-order valence-corrected chi connectivity index (χ1v) is 15.8. The molecule has 8 nitrogen and oxygen atoms in total. The van der Waals surface area contributed by atoms with Crippen molar-refractivity contribution in [1.82, 2.24) is 10.2 Å². The number of halogens is 2. The highest BCUT2D eigenvalue weighted by Gasteiger charge is 2.30. The summed E-state index contributed by atoms with van der Waals surface area (Å²) in [7, 11) is -3.65. The van der Waals surface area contributed by atoms with Crippen LogP contribution in [0.2, 0.25) is 10.0 Å². The molecule has 0 fully saturated rings. The first-order valence-electron chi connectivity index (χ1n) is 13.2. The summed E-state index contributed by atoms with van der Waals surface area (Å²) in [5.74, 6) is -0.0732. The lowest BCUT2D eigenvalue weighted by molar-refractivity contribution is -0.141. The van der Waals surface area contributed by atoms with Crippen LogP contribution in [0.3, 0.4) is 0 Å². The predicted octanol–water partition coefficient (Wildman–Crippen LogP) is 5.66. The van der Waals surface area contributed by atoms with Crippen LogP contribution in [-0.2, 0) is 26.2 Å². The first-order chi connectivity index (χ1) is 18.4. The number of nitrogens with one attached hydrogen (secondary N) is 1. The molecule has 2 aromatic rings. The molecule has 0 aromatic heterocycles. The maximum Gasteiger partial charge on any atom is 0.243 e. The predicted molar refractivity (Wildman–Crippen MR) is 158 cm³/mol. The van der Waals surface area contributed by atoms with E-state index < -0.39 is 16.1 Å². The lowest BCUT2D eigenvalue weighted by Gasteiger charge is -2.32. The van der Waals surface area contributed by atoms with Crippen LogP contribution >= 0.6 is 23.2 Å². The summed E-state index contributed by atoms with van der Waals surface area (Å²) in [4.78, 5) is 28.3. The number of sulfonamides is 1. The van der Waals surface area contributed by atoms with E-state index in [2.05, 4.69) is 5.32 Å². The zero-order valence-corrected chi connectivity index (χ0v) is 25.6. The van der Waals surface area contributed by atoms with E-state index in [9.17, 15) is 18.0 Å². The third-order valence-electron chi connectivity index (χ3n) is 6.33. The van der Waals surface area contributed by atoms with Crippen LogP contribution in [-0.4, -0.2) is 56.6 Å². The van der Waals surface area contributed by atoms with Crippen LogP contribution in [0.5, 0.6) is 5.75 Å². The molecule has 0 heterocycles. The van der Waals surface area contributed by atoms with Gasteiger partial charge in [-0.25, -0.2) is 8.42 Å². The molecule has 11 heteroatoms. The van der Waals surface area contributed by atoms with Crippen molar-refractivity contribution in [2.24, 2.45) is 0 Å². The number of benzene rings is 2. The second kappa shape index (κ2) is 15.3. The Hall–Kier alpha value is -2.49. The van der Waals surface area contributed by atoms with Gasteiger partial charge in [0, 0.05) is 35.6 Å². The van der Waals surface area contributed by atoms with Gasteiger partial charge in [-0.15, -0.1) is 0 Å². The van der Waals surface area contributed by atoms with Gasteiger partial charge < -0.3 is 15.0 Å². The van der Waals surface area contributed by atoms with Crippen molar-refractivity contribution < 1.29 is 22.7 Å². The van der Waals surface area contributed by atoms with Gasteiger partial charge in [-0.05, 0) is 62.9 Å². The Morgan fingerprint density at radius 1 is 1.05 bits per heavy atom. The minimum Gasteiger partial charge on any atom is -0.492 e. The Bertz CT molecular complexity index is 1230. The molecule has 1 N–H and O–H groups in total. The van der Waals surface area contributed by atoms with Gasteiger partial charge in [0.1, 0.15) is 11.8 Å². The summed E-state index contributed by atoms with van der Waals surface area (Å²) in [6.07, 6.45) is 2.54. The largest absolute Gasteiger partial charge is 0.492 e. The summed E-state index contributed by atoms with van der Waals surface area (Å²) in [5, 5.41) is 3.84. The summed E-state index contributed by atoms with van der Waals surface area (Å²) in [6.45, 7) is 8.12. The molecule has 0 aliphatic heterocycles. The smallest absolute Gasteiger partial charge is 0.243 e. The van der Waals surface area contributed by atoms with Crippen LogP contribution in [0, 0.1) is 0 Å². The van der Waals surface area contributed by atoms with E-state index in [1.807, 2.05) is 27.7 Å². The highest BCUT2D eigenvalue weighted by molar-refractivity contribution is 7.92. The van der Waals surface area contributed by atoms with Gasteiger partial charge in [0.15, 0.2) is 0 Å². The van der Waals surface area contributed by atoms with Gasteiger partial charge >= 0.3 is 0 Å². The van der Waals surface area contributed by atoms with E-state index in [0.29, 0.717) is 40.1 Å². The van der Waals surface area contributed by atoms with Crippen LogP contribution in [0.25, 0.3) is 0 Å². The molecule has 2 rings (SSSR count). The quantitative estimate of drug-likeness (QED) is 0.285. The zero-order chi connectivity index (χ0) is 29.2. The fraction of sp³-hybridized carbons (Fsp3) is 0.500. The number of carbonyl (C=O) groups is 2. The van der Waals surface area contributed by atoms with Gasteiger partial charge in [-0.2, -0.15) is 0 Å². The Balaban J connectivity index is 2.30. The minimum absolute atomic E-state index is 0.0289. The SMILES string of the molecule is CCOc1ccccc1N(CCCC(=O)N(Cc1ccc(Cl)cc1Cl)[C@@H](CC)C(=O)N[C@H](C)CC)S(C)(=O)=O. The van der Waals surface area contributed by atoms with Crippen LogP contribution in [0.4, 0.5) is 5.69 Å². The van der Waals surface area contributed by atoms with Gasteiger partial charge in [0.2, 0.25) is 21.8 Å². The number of amides is 2. The van der Waals surface area contributed by atoms with Crippen molar-refractivity contribution in [1.29, 1.82) is 0 Å². The highest BCUT2D eigenvalue weighted by atomic mass is 35.5. The lowest BCUT2D eigenvalue weighted by atomic mass is 10.1. The Labute approximate surface area is 242 Å². The van der Waals surface area contributed by atoms with Gasteiger partial charge in [0.05, 0.1) is 18.6 Å².